The standard InChI is InChI=1S/C21H29N5O4/c1-20(2,22)18(29)23-15(12-27)17(28)26-10-9-16-21(13-26,19(30)25(3)24-16)11-14-7-5-4-6-8-14/h4-8,15,27H,9-13,22H2,1-3H3,(H,23,29). The second-order valence-corrected chi connectivity index (χ2v) is 8.56. The zero-order valence-corrected chi connectivity index (χ0v) is 17.6. The first kappa shape index (κ1) is 21.9. The smallest absolute Gasteiger partial charge is 0.256 e. The van der Waals surface area contributed by atoms with Gasteiger partial charge >= 0.3 is 0 Å². The van der Waals surface area contributed by atoms with Gasteiger partial charge in [-0.05, 0) is 25.8 Å². The molecule has 4 N–H and O–H groups in total. The summed E-state index contributed by atoms with van der Waals surface area (Å²) in [6.45, 7) is 2.98. The van der Waals surface area contributed by atoms with Gasteiger partial charge in [0.1, 0.15) is 11.5 Å². The third-order valence-electron chi connectivity index (χ3n) is 5.64. The van der Waals surface area contributed by atoms with E-state index >= 15 is 0 Å². The summed E-state index contributed by atoms with van der Waals surface area (Å²) in [4.78, 5) is 40.0. The lowest BCUT2D eigenvalue weighted by molar-refractivity contribution is -0.143. The summed E-state index contributed by atoms with van der Waals surface area (Å²) in [6, 6.07) is 8.48. The SMILES string of the molecule is CN1N=C2CCN(C(=O)C(CO)NC(=O)C(C)(C)N)CC2(Cc2ccccc2)C1=O. The second kappa shape index (κ2) is 8.16. The first-order chi connectivity index (χ1) is 14.1. The van der Waals surface area contributed by atoms with E-state index in [4.69, 9.17) is 5.73 Å². The van der Waals surface area contributed by atoms with Crippen LogP contribution in [0.1, 0.15) is 25.8 Å². The van der Waals surface area contributed by atoms with Gasteiger partial charge in [-0.1, -0.05) is 30.3 Å². The molecule has 1 saturated heterocycles. The summed E-state index contributed by atoms with van der Waals surface area (Å²) >= 11 is 0. The van der Waals surface area contributed by atoms with Crippen LogP contribution in [-0.2, 0) is 20.8 Å². The molecule has 2 heterocycles. The van der Waals surface area contributed by atoms with Crippen LogP contribution in [0.3, 0.4) is 0 Å². The maximum absolute atomic E-state index is 13.1. The summed E-state index contributed by atoms with van der Waals surface area (Å²) < 4.78 is 0. The first-order valence-corrected chi connectivity index (χ1v) is 9.98. The zero-order valence-electron chi connectivity index (χ0n) is 17.6. The number of hydrazone groups is 1. The molecule has 2 unspecified atom stereocenters. The average Bonchev–Trinajstić information content (AvgIpc) is 2.95. The van der Waals surface area contributed by atoms with Crippen molar-refractivity contribution in [2.75, 3.05) is 26.7 Å². The van der Waals surface area contributed by atoms with Crippen LogP contribution >= 0.6 is 0 Å². The molecular weight excluding hydrogens is 386 g/mol. The van der Waals surface area contributed by atoms with E-state index in [1.807, 2.05) is 30.3 Å². The van der Waals surface area contributed by atoms with E-state index in [9.17, 15) is 19.5 Å². The molecule has 9 heteroatoms. The predicted molar refractivity (Wildman–Crippen MR) is 111 cm³/mol. The molecule has 0 spiro atoms. The number of hydrogen-bond donors (Lipinski definition) is 3. The molecule has 2 aliphatic heterocycles. The number of piperidine rings is 1. The van der Waals surface area contributed by atoms with Gasteiger partial charge in [0, 0.05) is 26.6 Å². The molecule has 1 fully saturated rings. The fraction of sp³-hybridized carbons (Fsp3) is 0.524. The molecule has 0 aliphatic carbocycles. The first-order valence-electron chi connectivity index (χ1n) is 9.98. The number of aliphatic hydroxyl groups is 1. The molecule has 0 aromatic heterocycles. The molecule has 9 nitrogen and oxygen atoms in total. The summed E-state index contributed by atoms with van der Waals surface area (Å²) in [6.07, 6.45) is 0.870. The number of hydrogen-bond acceptors (Lipinski definition) is 6. The van der Waals surface area contributed by atoms with Crippen molar-refractivity contribution >= 4 is 23.4 Å². The highest BCUT2D eigenvalue weighted by Gasteiger charge is 2.53. The summed E-state index contributed by atoms with van der Waals surface area (Å²) in [7, 11) is 1.62. The number of aliphatic hydroxyl groups excluding tert-OH is 1. The van der Waals surface area contributed by atoms with E-state index in [1.54, 1.807) is 7.05 Å². The van der Waals surface area contributed by atoms with E-state index in [0.717, 1.165) is 11.3 Å². The fourth-order valence-electron chi connectivity index (χ4n) is 3.97. The fourth-order valence-corrected chi connectivity index (χ4v) is 3.97. The molecule has 3 amide bonds. The highest BCUT2D eigenvalue weighted by atomic mass is 16.3. The topological polar surface area (TPSA) is 128 Å². The van der Waals surface area contributed by atoms with Crippen molar-refractivity contribution in [3.63, 3.8) is 0 Å². The van der Waals surface area contributed by atoms with Crippen molar-refractivity contribution < 1.29 is 19.5 Å². The van der Waals surface area contributed by atoms with Gasteiger partial charge in [-0.2, -0.15) is 5.10 Å². The lowest BCUT2D eigenvalue weighted by Gasteiger charge is -2.40. The van der Waals surface area contributed by atoms with Crippen molar-refractivity contribution in [2.45, 2.75) is 38.3 Å². The van der Waals surface area contributed by atoms with Gasteiger partial charge in [0.25, 0.3) is 5.91 Å². The van der Waals surface area contributed by atoms with Gasteiger partial charge in [-0.25, -0.2) is 5.01 Å². The molecule has 1 aromatic carbocycles. The monoisotopic (exact) mass is 415 g/mol. The van der Waals surface area contributed by atoms with Gasteiger partial charge in [-0.15, -0.1) is 0 Å². The minimum Gasteiger partial charge on any atom is -0.394 e. The van der Waals surface area contributed by atoms with E-state index in [0.29, 0.717) is 19.4 Å². The highest BCUT2D eigenvalue weighted by molar-refractivity contribution is 6.13. The number of rotatable bonds is 6. The largest absolute Gasteiger partial charge is 0.394 e. The van der Waals surface area contributed by atoms with Crippen molar-refractivity contribution in [1.82, 2.24) is 15.2 Å². The molecule has 30 heavy (non-hydrogen) atoms. The summed E-state index contributed by atoms with van der Waals surface area (Å²) in [5.41, 5.74) is 5.39. The Morgan fingerprint density at radius 2 is 2.00 bits per heavy atom. The summed E-state index contributed by atoms with van der Waals surface area (Å²) in [5.74, 6) is -1.14. The molecular formula is C21H29N5O4. The Labute approximate surface area is 175 Å². The van der Waals surface area contributed by atoms with Crippen LogP contribution < -0.4 is 11.1 Å². The van der Waals surface area contributed by atoms with E-state index < -0.39 is 35.4 Å². The van der Waals surface area contributed by atoms with Crippen molar-refractivity contribution in [2.24, 2.45) is 16.3 Å². The number of fused-ring (bicyclic) bond motifs is 1. The van der Waals surface area contributed by atoms with Crippen LogP contribution in [0.2, 0.25) is 0 Å². The lowest BCUT2D eigenvalue weighted by atomic mass is 9.73. The van der Waals surface area contributed by atoms with E-state index in [1.165, 1.54) is 23.8 Å². The number of nitrogens with zero attached hydrogens (tertiary/aromatic N) is 3. The van der Waals surface area contributed by atoms with Crippen molar-refractivity contribution in [3.05, 3.63) is 35.9 Å². The number of nitrogens with two attached hydrogens (primary N) is 1. The van der Waals surface area contributed by atoms with Gasteiger partial charge in [0.2, 0.25) is 11.8 Å². The van der Waals surface area contributed by atoms with Crippen molar-refractivity contribution in [1.29, 1.82) is 0 Å². The molecule has 2 atom stereocenters. The number of carbonyl (C=O) groups excluding carboxylic acids is 3. The summed E-state index contributed by atoms with van der Waals surface area (Å²) in [5, 5.41) is 18.0. The number of benzene rings is 1. The van der Waals surface area contributed by atoms with Crippen LogP contribution in [0.25, 0.3) is 0 Å². The molecule has 1 aromatic rings. The van der Waals surface area contributed by atoms with Crippen LogP contribution in [0.15, 0.2) is 35.4 Å². The Bertz CT molecular complexity index is 864. The van der Waals surface area contributed by atoms with Crippen molar-refractivity contribution in [3.8, 4) is 0 Å². The number of carbonyl (C=O) groups is 3. The predicted octanol–water partition coefficient (Wildman–Crippen LogP) is -0.510. The van der Waals surface area contributed by atoms with E-state index in [2.05, 4.69) is 10.4 Å². The third-order valence-corrected chi connectivity index (χ3v) is 5.64. The maximum Gasteiger partial charge on any atom is 0.256 e. The molecule has 0 bridgehead atoms. The Morgan fingerprint density at radius 1 is 1.33 bits per heavy atom. The van der Waals surface area contributed by atoms with Crippen LogP contribution in [-0.4, -0.2) is 76.8 Å². The van der Waals surface area contributed by atoms with Crippen LogP contribution in [0.5, 0.6) is 0 Å². The van der Waals surface area contributed by atoms with Gasteiger partial charge in [-0.3, -0.25) is 14.4 Å². The minimum absolute atomic E-state index is 0.140. The lowest BCUT2D eigenvalue weighted by Crippen LogP contribution is -2.61. The number of nitrogens with one attached hydrogen (secondary N) is 1. The van der Waals surface area contributed by atoms with E-state index in [-0.39, 0.29) is 12.5 Å². The number of amides is 3. The zero-order chi connectivity index (χ0) is 22.1. The second-order valence-electron chi connectivity index (χ2n) is 8.56. The minimum atomic E-state index is -1.19. The van der Waals surface area contributed by atoms with Crippen LogP contribution in [0.4, 0.5) is 0 Å². The normalized spacial score (nSPS) is 22.4. The van der Waals surface area contributed by atoms with Gasteiger partial charge in [0.15, 0.2) is 0 Å². The molecule has 0 saturated carbocycles. The molecule has 162 valence electrons. The average molecular weight is 415 g/mol. The highest BCUT2D eigenvalue weighted by Crippen LogP contribution is 2.38. The molecule has 0 radical (unpaired) electrons. The number of likely N-dealkylation sites (tertiary alicyclic amines) is 1. The van der Waals surface area contributed by atoms with Gasteiger partial charge < -0.3 is 21.1 Å². The van der Waals surface area contributed by atoms with Crippen LogP contribution in [0, 0.1) is 5.41 Å². The molecule has 2 aliphatic rings. The quantitative estimate of drug-likeness (QED) is 0.577. The maximum atomic E-state index is 13.1. The third kappa shape index (κ3) is 4.08. The Kier molecular flexibility index (Phi) is 5.96. The Balaban J connectivity index is 1.84. The Hall–Kier alpha value is -2.78. The molecule has 3 rings (SSSR count). The Morgan fingerprint density at radius 3 is 2.60 bits per heavy atom. The van der Waals surface area contributed by atoms with Gasteiger partial charge in [0.05, 0.1) is 17.9 Å².